The second-order valence-corrected chi connectivity index (χ2v) is 7.21. The first-order valence-corrected chi connectivity index (χ1v) is 8.94. The maximum absolute atomic E-state index is 4.75. The Balaban J connectivity index is 1.89. The Morgan fingerprint density at radius 2 is 2.22 bits per heavy atom. The van der Waals surface area contributed by atoms with Crippen LogP contribution in [-0.4, -0.2) is 35.4 Å². The van der Waals surface area contributed by atoms with Gasteiger partial charge < -0.3 is 10.6 Å². The zero-order valence-corrected chi connectivity index (χ0v) is 15.3. The molecule has 2 aromatic heterocycles. The third kappa shape index (κ3) is 5.39. The molecule has 0 amide bonds. The summed E-state index contributed by atoms with van der Waals surface area (Å²) >= 11 is 1.79. The van der Waals surface area contributed by atoms with Crippen molar-refractivity contribution in [3.63, 3.8) is 0 Å². The molecular weight excluding hydrogens is 306 g/mol. The predicted octanol–water partition coefficient (Wildman–Crippen LogP) is 2.79. The largest absolute Gasteiger partial charge is 0.357 e. The lowest BCUT2D eigenvalue weighted by atomic mass is 9.92. The minimum Gasteiger partial charge on any atom is -0.357 e. The fourth-order valence-corrected chi connectivity index (χ4v) is 3.08. The molecule has 0 aliphatic carbocycles. The summed E-state index contributed by atoms with van der Waals surface area (Å²) in [6.45, 7) is 11.8. The van der Waals surface area contributed by atoms with E-state index in [1.807, 2.05) is 17.1 Å². The molecule has 6 heteroatoms. The fourth-order valence-electron chi connectivity index (χ4n) is 2.24. The van der Waals surface area contributed by atoms with Crippen molar-refractivity contribution < 1.29 is 0 Å². The minimum absolute atomic E-state index is 0.0512. The van der Waals surface area contributed by atoms with Crippen molar-refractivity contribution in [1.29, 1.82) is 0 Å². The van der Waals surface area contributed by atoms with Crippen LogP contribution in [0, 0.1) is 6.92 Å². The first kappa shape index (κ1) is 17.5. The van der Waals surface area contributed by atoms with Gasteiger partial charge in [0.1, 0.15) is 0 Å². The van der Waals surface area contributed by atoms with E-state index in [-0.39, 0.29) is 5.41 Å². The first-order chi connectivity index (χ1) is 11.0. The Morgan fingerprint density at radius 1 is 1.39 bits per heavy atom. The summed E-state index contributed by atoms with van der Waals surface area (Å²) in [4.78, 5) is 6.11. The van der Waals surface area contributed by atoms with Gasteiger partial charge in [-0.25, -0.2) is 0 Å². The zero-order valence-electron chi connectivity index (χ0n) is 14.5. The van der Waals surface area contributed by atoms with E-state index in [0.29, 0.717) is 0 Å². The number of aryl methyl sites for hydroxylation is 1. The number of aromatic nitrogens is 2. The van der Waals surface area contributed by atoms with Gasteiger partial charge in [-0.1, -0.05) is 19.9 Å². The van der Waals surface area contributed by atoms with Gasteiger partial charge in [0.25, 0.3) is 0 Å². The number of guanidine groups is 1. The first-order valence-electron chi connectivity index (χ1n) is 8.06. The molecule has 5 nitrogen and oxygen atoms in total. The highest BCUT2D eigenvalue weighted by Gasteiger charge is 2.21. The van der Waals surface area contributed by atoms with Crippen LogP contribution in [0.2, 0.25) is 0 Å². The van der Waals surface area contributed by atoms with Gasteiger partial charge in [-0.2, -0.15) is 5.10 Å². The molecule has 0 saturated carbocycles. The summed E-state index contributed by atoms with van der Waals surface area (Å²) in [6.07, 6.45) is 3.93. The molecule has 0 radical (unpaired) electrons. The lowest BCUT2D eigenvalue weighted by Gasteiger charge is -2.21. The minimum atomic E-state index is 0.0512. The van der Waals surface area contributed by atoms with Crippen LogP contribution < -0.4 is 10.6 Å². The van der Waals surface area contributed by atoms with Gasteiger partial charge in [0.15, 0.2) is 5.96 Å². The summed E-state index contributed by atoms with van der Waals surface area (Å²) in [5.74, 6) is 0.862. The van der Waals surface area contributed by atoms with E-state index < -0.39 is 0 Å². The van der Waals surface area contributed by atoms with Crippen LogP contribution in [0.1, 0.15) is 31.2 Å². The Morgan fingerprint density at radius 3 is 2.83 bits per heavy atom. The van der Waals surface area contributed by atoms with Crippen molar-refractivity contribution in [1.82, 2.24) is 20.4 Å². The van der Waals surface area contributed by atoms with Crippen molar-refractivity contribution in [3.05, 3.63) is 40.3 Å². The molecule has 0 bridgehead atoms. The van der Waals surface area contributed by atoms with E-state index >= 15 is 0 Å². The molecule has 2 aromatic rings. The fraction of sp³-hybridized carbons (Fsp3) is 0.529. The second-order valence-electron chi connectivity index (χ2n) is 6.26. The maximum atomic E-state index is 4.75. The number of rotatable bonds is 7. The molecule has 126 valence electrons. The van der Waals surface area contributed by atoms with Crippen molar-refractivity contribution in [2.24, 2.45) is 4.99 Å². The van der Waals surface area contributed by atoms with Gasteiger partial charge >= 0.3 is 0 Å². The van der Waals surface area contributed by atoms with E-state index in [0.717, 1.165) is 32.1 Å². The van der Waals surface area contributed by atoms with E-state index in [4.69, 9.17) is 4.99 Å². The zero-order chi connectivity index (χ0) is 16.7. The Labute approximate surface area is 142 Å². The van der Waals surface area contributed by atoms with Crippen molar-refractivity contribution in [2.45, 2.75) is 39.7 Å². The van der Waals surface area contributed by atoms with E-state index in [1.165, 1.54) is 10.4 Å². The van der Waals surface area contributed by atoms with Crippen molar-refractivity contribution in [3.8, 4) is 0 Å². The molecule has 23 heavy (non-hydrogen) atoms. The highest BCUT2D eigenvalue weighted by molar-refractivity contribution is 7.10. The number of hydrogen-bond acceptors (Lipinski definition) is 3. The number of aliphatic imine (C=N–C) groups is 1. The molecule has 2 heterocycles. The molecular formula is C17H27N5S. The molecule has 0 saturated heterocycles. The molecule has 0 unspecified atom stereocenters. The molecule has 0 aromatic carbocycles. The highest BCUT2D eigenvalue weighted by Crippen LogP contribution is 2.27. The second kappa shape index (κ2) is 8.15. The van der Waals surface area contributed by atoms with E-state index in [9.17, 15) is 0 Å². The van der Waals surface area contributed by atoms with Gasteiger partial charge in [0.2, 0.25) is 0 Å². The van der Waals surface area contributed by atoms with Gasteiger partial charge in [-0.15, -0.1) is 11.3 Å². The normalized spacial score (nSPS) is 12.4. The molecule has 0 atom stereocenters. The average Bonchev–Trinajstić information content (AvgIpc) is 3.17. The van der Waals surface area contributed by atoms with Crippen LogP contribution in [0.3, 0.4) is 0 Å². The number of nitrogens with one attached hydrogen (secondary N) is 2. The average molecular weight is 334 g/mol. The maximum Gasteiger partial charge on any atom is 0.191 e. The molecule has 0 fully saturated rings. The topological polar surface area (TPSA) is 54.2 Å². The summed E-state index contributed by atoms with van der Waals surface area (Å²) in [5, 5.41) is 13.1. The van der Waals surface area contributed by atoms with E-state index in [1.54, 1.807) is 11.3 Å². The van der Waals surface area contributed by atoms with Crippen LogP contribution in [0.15, 0.2) is 34.9 Å². The molecule has 0 aliphatic rings. The number of thiophene rings is 1. The third-order valence-electron chi connectivity index (χ3n) is 3.56. The van der Waals surface area contributed by atoms with Crippen LogP contribution in [0.4, 0.5) is 0 Å². The number of hydrogen-bond donors (Lipinski definition) is 2. The van der Waals surface area contributed by atoms with Crippen LogP contribution in [0.5, 0.6) is 0 Å². The van der Waals surface area contributed by atoms with Crippen LogP contribution >= 0.6 is 11.3 Å². The molecule has 2 rings (SSSR count). The van der Waals surface area contributed by atoms with Gasteiger partial charge in [-0.05, 0) is 30.9 Å². The van der Waals surface area contributed by atoms with Gasteiger partial charge in [0, 0.05) is 29.6 Å². The summed E-state index contributed by atoms with van der Waals surface area (Å²) in [7, 11) is 0. The smallest absolute Gasteiger partial charge is 0.191 e. The third-order valence-corrected chi connectivity index (χ3v) is 4.80. The standard InChI is InChI=1S/C17H27N5S/c1-5-18-16(19-8-9-22-12-14(2)11-21-22)20-13-17(3,4)15-7-6-10-23-15/h6-7,10-12H,5,8-9,13H2,1-4H3,(H2,18,19,20). The quantitative estimate of drug-likeness (QED) is 0.605. The lowest BCUT2D eigenvalue weighted by Crippen LogP contribution is -2.39. The Bertz CT molecular complexity index is 613. The monoisotopic (exact) mass is 333 g/mol. The summed E-state index contributed by atoms with van der Waals surface area (Å²) in [6, 6.07) is 4.28. The Kier molecular flexibility index (Phi) is 6.21. The van der Waals surface area contributed by atoms with Crippen LogP contribution in [0.25, 0.3) is 0 Å². The predicted molar refractivity (Wildman–Crippen MR) is 98.3 cm³/mol. The Hall–Kier alpha value is -1.82. The van der Waals surface area contributed by atoms with Crippen molar-refractivity contribution in [2.75, 3.05) is 19.6 Å². The van der Waals surface area contributed by atoms with Gasteiger partial charge in [0.05, 0.1) is 19.3 Å². The molecule has 2 N–H and O–H groups in total. The molecule has 0 aliphatic heterocycles. The van der Waals surface area contributed by atoms with E-state index in [2.05, 4.69) is 60.9 Å². The van der Waals surface area contributed by atoms with Crippen molar-refractivity contribution >= 4 is 17.3 Å². The highest BCUT2D eigenvalue weighted by atomic mass is 32.1. The lowest BCUT2D eigenvalue weighted by molar-refractivity contribution is 0.546. The summed E-state index contributed by atoms with van der Waals surface area (Å²) in [5.41, 5.74) is 1.23. The molecule has 0 spiro atoms. The van der Waals surface area contributed by atoms with Crippen LogP contribution in [-0.2, 0) is 12.0 Å². The van der Waals surface area contributed by atoms with Gasteiger partial charge in [-0.3, -0.25) is 9.67 Å². The number of nitrogens with zero attached hydrogens (tertiary/aromatic N) is 3. The SMILES string of the molecule is CCNC(=NCC(C)(C)c1cccs1)NCCn1cc(C)cn1. The summed E-state index contributed by atoms with van der Waals surface area (Å²) < 4.78 is 1.95.